The lowest BCUT2D eigenvalue weighted by atomic mass is 9.81. The van der Waals surface area contributed by atoms with Crippen LogP contribution in [0, 0.1) is 5.92 Å². The predicted molar refractivity (Wildman–Crippen MR) is 155 cm³/mol. The average Bonchev–Trinajstić information content (AvgIpc) is 2.79. The SMILES string of the molecule is CC1(C)CC(OC(=O)c2ccc(OCC3CCC(C(=O)OC4CC(C)(C)NC(C)(C)C4)CO3)cc2)CC(C)(C)N1. The summed E-state index contributed by atoms with van der Waals surface area (Å²) in [7, 11) is 0. The van der Waals surface area contributed by atoms with Crippen molar-refractivity contribution in [2.75, 3.05) is 13.2 Å². The molecule has 8 heteroatoms. The number of nitrogens with one attached hydrogen (secondary N) is 2. The fraction of sp³-hybridized carbons (Fsp3) is 0.750. The molecule has 3 fully saturated rings. The Labute approximate surface area is 240 Å². The first-order chi connectivity index (χ1) is 18.5. The van der Waals surface area contributed by atoms with Crippen LogP contribution in [-0.2, 0) is 19.0 Å². The molecular weight excluding hydrogens is 508 g/mol. The van der Waals surface area contributed by atoms with E-state index >= 15 is 0 Å². The Kier molecular flexibility index (Phi) is 8.94. The standard InChI is InChI=1S/C32H50N2O6/c1-29(2)15-25(16-30(3,4)33-29)39-27(35)21-9-12-23(13-10-21)38-20-24-14-11-22(19-37-24)28(36)40-26-17-31(5,6)34-32(7,8)18-26/h9-10,12-13,22,24-26,33-34H,11,14-20H2,1-8H3. The number of benzene rings is 1. The number of hydrogen-bond acceptors (Lipinski definition) is 8. The molecule has 0 aliphatic carbocycles. The van der Waals surface area contributed by atoms with Crippen molar-refractivity contribution >= 4 is 11.9 Å². The quantitative estimate of drug-likeness (QED) is 0.442. The molecule has 0 amide bonds. The lowest BCUT2D eigenvalue weighted by Gasteiger charge is -2.46. The van der Waals surface area contributed by atoms with Crippen molar-refractivity contribution in [3.8, 4) is 5.75 Å². The van der Waals surface area contributed by atoms with Crippen LogP contribution in [0.2, 0.25) is 0 Å². The lowest BCUT2D eigenvalue weighted by Crippen LogP contribution is -2.60. The van der Waals surface area contributed by atoms with E-state index in [-0.39, 0.29) is 58.3 Å². The van der Waals surface area contributed by atoms with Gasteiger partial charge in [-0.25, -0.2) is 4.79 Å². The van der Waals surface area contributed by atoms with Crippen LogP contribution in [0.4, 0.5) is 0 Å². The van der Waals surface area contributed by atoms with E-state index in [4.69, 9.17) is 18.9 Å². The third-order valence-corrected chi connectivity index (χ3v) is 8.09. The van der Waals surface area contributed by atoms with E-state index in [2.05, 4.69) is 66.0 Å². The highest BCUT2D eigenvalue weighted by Crippen LogP contribution is 2.33. The van der Waals surface area contributed by atoms with Crippen molar-refractivity contribution in [2.45, 2.75) is 134 Å². The molecule has 0 spiro atoms. The molecule has 2 atom stereocenters. The van der Waals surface area contributed by atoms with Crippen LogP contribution >= 0.6 is 0 Å². The van der Waals surface area contributed by atoms with Crippen LogP contribution < -0.4 is 15.4 Å². The molecule has 8 nitrogen and oxygen atoms in total. The molecule has 0 saturated carbocycles. The fourth-order valence-electron chi connectivity index (χ4n) is 7.10. The van der Waals surface area contributed by atoms with Gasteiger partial charge in [0.25, 0.3) is 0 Å². The number of piperidine rings is 2. The van der Waals surface area contributed by atoms with Gasteiger partial charge in [0.2, 0.25) is 0 Å². The van der Waals surface area contributed by atoms with Gasteiger partial charge in [-0.05, 0) is 92.5 Å². The second-order valence-electron chi connectivity index (χ2n) is 14.8. The van der Waals surface area contributed by atoms with Crippen LogP contribution in [0.15, 0.2) is 24.3 Å². The van der Waals surface area contributed by atoms with Gasteiger partial charge in [0.1, 0.15) is 24.6 Å². The number of ether oxygens (including phenoxy) is 4. The number of carbonyl (C=O) groups is 2. The summed E-state index contributed by atoms with van der Waals surface area (Å²) in [5.41, 5.74) is 0.189. The summed E-state index contributed by atoms with van der Waals surface area (Å²) in [6, 6.07) is 7.06. The van der Waals surface area contributed by atoms with E-state index < -0.39 is 0 Å². The number of rotatable bonds is 7. The first-order valence-corrected chi connectivity index (χ1v) is 14.8. The van der Waals surface area contributed by atoms with Gasteiger partial charge in [-0.3, -0.25) is 4.79 Å². The Hall–Kier alpha value is -2.16. The van der Waals surface area contributed by atoms with Gasteiger partial charge in [-0.15, -0.1) is 0 Å². The van der Waals surface area contributed by atoms with Crippen molar-refractivity contribution in [3.05, 3.63) is 29.8 Å². The summed E-state index contributed by atoms with van der Waals surface area (Å²) in [5.74, 6) is -0.0344. The van der Waals surface area contributed by atoms with Crippen LogP contribution in [-0.4, -0.2) is 65.6 Å². The highest BCUT2D eigenvalue weighted by atomic mass is 16.6. The van der Waals surface area contributed by atoms with Crippen molar-refractivity contribution in [2.24, 2.45) is 5.92 Å². The molecule has 3 heterocycles. The molecule has 2 unspecified atom stereocenters. The van der Waals surface area contributed by atoms with Gasteiger partial charge >= 0.3 is 11.9 Å². The van der Waals surface area contributed by atoms with Gasteiger partial charge in [0.15, 0.2) is 0 Å². The Balaban J connectivity index is 1.19. The molecule has 0 radical (unpaired) electrons. The third kappa shape index (κ3) is 8.67. The summed E-state index contributed by atoms with van der Waals surface area (Å²) in [5, 5.41) is 7.23. The minimum atomic E-state index is -0.310. The van der Waals surface area contributed by atoms with E-state index in [1.807, 2.05) is 0 Å². The van der Waals surface area contributed by atoms with Crippen LogP contribution in [0.3, 0.4) is 0 Å². The molecule has 1 aromatic rings. The fourth-order valence-corrected chi connectivity index (χ4v) is 7.10. The van der Waals surface area contributed by atoms with E-state index in [9.17, 15) is 9.59 Å². The van der Waals surface area contributed by atoms with Crippen LogP contribution in [0.1, 0.15) is 104 Å². The van der Waals surface area contributed by atoms with Gasteiger partial charge < -0.3 is 29.6 Å². The smallest absolute Gasteiger partial charge is 0.338 e. The Bertz CT molecular complexity index is 1010. The Morgan fingerprint density at radius 3 is 1.75 bits per heavy atom. The van der Waals surface area contributed by atoms with Gasteiger partial charge in [-0.2, -0.15) is 0 Å². The van der Waals surface area contributed by atoms with Crippen LogP contribution in [0.5, 0.6) is 5.75 Å². The highest BCUT2D eigenvalue weighted by Gasteiger charge is 2.41. The minimum Gasteiger partial charge on any atom is -0.491 e. The molecular formula is C32H50N2O6. The predicted octanol–water partition coefficient (Wildman–Crippen LogP) is 5.18. The van der Waals surface area contributed by atoms with E-state index in [0.29, 0.717) is 24.5 Å². The summed E-state index contributed by atoms with van der Waals surface area (Å²) < 4.78 is 23.7. The number of carbonyl (C=O) groups excluding carboxylic acids is 2. The molecule has 4 rings (SSSR count). The maximum atomic E-state index is 12.9. The summed E-state index contributed by atoms with van der Waals surface area (Å²) in [6.07, 6.45) is 4.31. The zero-order valence-electron chi connectivity index (χ0n) is 25.7. The topological polar surface area (TPSA) is 95.1 Å². The van der Waals surface area contributed by atoms with E-state index in [0.717, 1.165) is 38.5 Å². The second kappa shape index (κ2) is 11.6. The zero-order chi connectivity index (χ0) is 29.3. The Morgan fingerprint density at radius 2 is 1.27 bits per heavy atom. The molecule has 3 saturated heterocycles. The van der Waals surface area contributed by atoms with Crippen molar-refractivity contribution in [1.82, 2.24) is 10.6 Å². The van der Waals surface area contributed by atoms with E-state index in [1.54, 1.807) is 24.3 Å². The first kappa shape index (κ1) is 30.8. The molecule has 224 valence electrons. The highest BCUT2D eigenvalue weighted by molar-refractivity contribution is 5.89. The van der Waals surface area contributed by atoms with Crippen molar-refractivity contribution in [3.63, 3.8) is 0 Å². The maximum Gasteiger partial charge on any atom is 0.338 e. The molecule has 40 heavy (non-hydrogen) atoms. The van der Waals surface area contributed by atoms with Gasteiger partial charge in [0.05, 0.1) is 24.2 Å². The number of hydrogen-bond donors (Lipinski definition) is 2. The average molecular weight is 559 g/mol. The third-order valence-electron chi connectivity index (χ3n) is 8.09. The summed E-state index contributed by atoms with van der Waals surface area (Å²) in [6.45, 7) is 17.9. The van der Waals surface area contributed by atoms with Crippen molar-refractivity contribution < 1.29 is 28.5 Å². The molecule has 1 aromatic carbocycles. The first-order valence-electron chi connectivity index (χ1n) is 14.8. The minimum absolute atomic E-state index is 0.0712. The normalized spacial score (nSPS) is 27.9. The summed E-state index contributed by atoms with van der Waals surface area (Å²) >= 11 is 0. The lowest BCUT2D eigenvalue weighted by molar-refractivity contribution is -0.165. The maximum absolute atomic E-state index is 12.9. The second-order valence-corrected chi connectivity index (χ2v) is 14.8. The largest absolute Gasteiger partial charge is 0.491 e. The molecule has 3 aliphatic rings. The monoisotopic (exact) mass is 558 g/mol. The van der Waals surface area contributed by atoms with Crippen LogP contribution in [0.25, 0.3) is 0 Å². The Morgan fingerprint density at radius 1 is 0.775 bits per heavy atom. The van der Waals surface area contributed by atoms with Crippen molar-refractivity contribution in [1.29, 1.82) is 0 Å². The number of esters is 2. The molecule has 0 aromatic heterocycles. The van der Waals surface area contributed by atoms with E-state index in [1.165, 1.54) is 0 Å². The molecule has 0 bridgehead atoms. The van der Waals surface area contributed by atoms with Gasteiger partial charge in [-0.1, -0.05) is 0 Å². The zero-order valence-corrected chi connectivity index (χ0v) is 25.7. The van der Waals surface area contributed by atoms with Gasteiger partial charge in [0, 0.05) is 47.8 Å². The summed E-state index contributed by atoms with van der Waals surface area (Å²) in [4.78, 5) is 25.6. The molecule has 3 aliphatic heterocycles. The molecule has 2 N–H and O–H groups in total.